The molecule has 1 aliphatic rings. The summed E-state index contributed by atoms with van der Waals surface area (Å²) >= 11 is 0. The van der Waals surface area contributed by atoms with E-state index >= 15 is 0 Å². The SMILES string of the molecule is CC(C)OC(=O)[C@H]1C(=O)C[C@](C)(O)[C@H](C(=O)OC(C)C)[C@@H]1c1ccc(C(C)C)cc1. The van der Waals surface area contributed by atoms with Gasteiger partial charge < -0.3 is 14.6 Å². The van der Waals surface area contributed by atoms with Gasteiger partial charge in [-0.05, 0) is 51.7 Å². The van der Waals surface area contributed by atoms with Crippen LogP contribution in [0.15, 0.2) is 24.3 Å². The molecule has 4 atom stereocenters. The zero-order valence-corrected chi connectivity index (χ0v) is 19.0. The minimum atomic E-state index is -1.64. The fourth-order valence-electron chi connectivity index (χ4n) is 4.13. The molecule has 0 heterocycles. The van der Waals surface area contributed by atoms with Crippen molar-refractivity contribution >= 4 is 17.7 Å². The first-order chi connectivity index (χ1) is 13.8. The first kappa shape index (κ1) is 24.1. The first-order valence-electron chi connectivity index (χ1n) is 10.6. The summed E-state index contributed by atoms with van der Waals surface area (Å²) in [6, 6.07) is 7.48. The van der Waals surface area contributed by atoms with Gasteiger partial charge in [0.25, 0.3) is 0 Å². The molecular formula is C24H34O6. The lowest BCUT2D eigenvalue weighted by Crippen LogP contribution is -2.55. The number of ketones is 1. The number of ether oxygens (including phenoxy) is 2. The lowest BCUT2D eigenvalue weighted by Gasteiger charge is -2.44. The van der Waals surface area contributed by atoms with E-state index in [1.54, 1.807) is 27.7 Å². The molecule has 1 fully saturated rings. The van der Waals surface area contributed by atoms with Crippen molar-refractivity contribution in [3.8, 4) is 0 Å². The molecular weight excluding hydrogens is 384 g/mol. The van der Waals surface area contributed by atoms with Crippen LogP contribution in [0.2, 0.25) is 0 Å². The molecule has 1 aromatic carbocycles. The van der Waals surface area contributed by atoms with E-state index in [9.17, 15) is 19.5 Å². The zero-order chi connectivity index (χ0) is 22.8. The number of benzene rings is 1. The van der Waals surface area contributed by atoms with Crippen molar-refractivity contribution in [2.45, 2.75) is 84.5 Å². The van der Waals surface area contributed by atoms with Crippen LogP contribution < -0.4 is 0 Å². The number of carbonyl (C=O) groups is 3. The molecule has 1 aliphatic carbocycles. The van der Waals surface area contributed by atoms with Crippen LogP contribution in [0.25, 0.3) is 0 Å². The third-order valence-corrected chi connectivity index (χ3v) is 5.47. The Bertz CT molecular complexity index is 767. The van der Waals surface area contributed by atoms with Gasteiger partial charge in [0.05, 0.1) is 23.7 Å². The maximum Gasteiger partial charge on any atom is 0.317 e. The predicted octanol–water partition coefficient (Wildman–Crippen LogP) is 3.75. The molecule has 1 saturated carbocycles. The molecule has 166 valence electrons. The molecule has 1 aromatic rings. The van der Waals surface area contributed by atoms with Crippen molar-refractivity contribution in [3.05, 3.63) is 35.4 Å². The Kier molecular flexibility index (Phi) is 7.45. The van der Waals surface area contributed by atoms with Crippen LogP contribution in [0.3, 0.4) is 0 Å². The molecule has 0 saturated heterocycles. The third-order valence-electron chi connectivity index (χ3n) is 5.47. The van der Waals surface area contributed by atoms with Gasteiger partial charge in [0.1, 0.15) is 5.92 Å². The highest BCUT2D eigenvalue weighted by Crippen LogP contribution is 2.47. The second-order valence-corrected chi connectivity index (χ2v) is 9.27. The molecule has 0 unspecified atom stereocenters. The standard InChI is InChI=1S/C24H34O6/c1-13(2)16-8-10-17(11-9-16)19-20(22(26)29-14(3)4)18(25)12-24(7,28)21(19)23(27)30-15(5)6/h8-11,13-15,19-21,28H,12H2,1-7H3/t19-,20+,21+,24+/m1/s1. The lowest BCUT2D eigenvalue weighted by molar-refractivity contribution is -0.176. The minimum absolute atomic E-state index is 0.304. The minimum Gasteiger partial charge on any atom is -0.463 e. The predicted molar refractivity (Wildman–Crippen MR) is 113 cm³/mol. The van der Waals surface area contributed by atoms with Gasteiger partial charge in [-0.3, -0.25) is 14.4 Å². The number of aliphatic hydroxyl groups is 1. The quantitative estimate of drug-likeness (QED) is 0.559. The van der Waals surface area contributed by atoms with E-state index < -0.39 is 53.3 Å². The average molecular weight is 419 g/mol. The number of hydrogen-bond acceptors (Lipinski definition) is 6. The molecule has 30 heavy (non-hydrogen) atoms. The molecule has 0 amide bonds. The van der Waals surface area contributed by atoms with Crippen molar-refractivity contribution in [1.82, 2.24) is 0 Å². The van der Waals surface area contributed by atoms with Gasteiger partial charge in [0.2, 0.25) is 0 Å². The van der Waals surface area contributed by atoms with Crippen LogP contribution in [0.4, 0.5) is 0 Å². The second kappa shape index (κ2) is 9.29. The first-order valence-corrected chi connectivity index (χ1v) is 10.6. The van der Waals surface area contributed by atoms with Crippen LogP contribution in [-0.2, 0) is 23.9 Å². The van der Waals surface area contributed by atoms with Crippen LogP contribution in [0.1, 0.15) is 77.8 Å². The number of esters is 2. The van der Waals surface area contributed by atoms with E-state index in [2.05, 4.69) is 13.8 Å². The number of rotatable bonds is 6. The van der Waals surface area contributed by atoms with Crippen LogP contribution in [0.5, 0.6) is 0 Å². The fourth-order valence-corrected chi connectivity index (χ4v) is 4.13. The molecule has 0 bridgehead atoms. The molecule has 2 rings (SSSR count). The second-order valence-electron chi connectivity index (χ2n) is 9.27. The monoisotopic (exact) mass is 418 g/mol. The summed E-state index contributed by atoms with van der Waals surface area (Å²) in [5, 5.41) is 11.1. The van der Waals surface area contributed by atoms with E-state index in [0.29, 0.717) is 11.5 Å². The van der Waals surface area contributed by atoms with Gasteiger partial charge in [0.15, 0.2) is 5.78 Å². The van der Waals surface area contributed by atoms with Crippen LogP contribution in [0, 0.1) is 11.8 Å². The number of hydrogen-bond donors (Lipinski definition) is 1. The molecule has 6 nitrogen and oxygen atoms in total. The Morgan fingerprint density at radius 2 is 1.47 bits per heavy atom. The summed E-state index contributed by atoms with van der Waals surface area (Å²) in [6.07, 6.45) is -1.11. The summed E-state index contributed by atoms with van der Waals surface area (Å²) in [6.45, 7) is 12.4. The van der Waals surface area contributed by atoms with Gasteiger partial charge in [-0.2, -0.15) is 0 Å². The maximum atomic E-state index is 13.0. The van der Waals surface area contributed by atoms with Crippen molar-refractivity contribution in [1.29, 1.82) is 0 Å². The highest BCUT2D eigenvalue weighted by atomic mass is 16.5. The van der Waals surface area contributed by atoms with Crippen molar-refractivity contribution in [2.75, 3.05) is 0 Å². The van der Waals surface area contributed by atoms with Crippen LogP contribution >= 0.6 is 0 Å². The van der Waals surface area contributed by atoms with Gasteiger partial charge in [0, 0.05) is 12.3 Å². The Hall–Kier alpha value is -2.21. The molecule has 0 aliphatic heterocycles. The van der Waals surface area contributed by atoms with Gasteiger partial charge in [-0.1, -0.05) is 38.1 Å². The highest BCUT2D eigenvalue weighted by Gasteiger charge is 2.57. The van der Waals surface area contributed by atoms with Gasteiger partial charge in [-0.15, -0.1) is 0 Å². The van der Waals surface area contributed by atoms with E-state index in [0.717, 1.165) is 5.56 Å². The largest absolute Gasteiger partial charge is 0.463 e. The topological polar surface area (TPSA) is 89.9 Å². The fraction of sp³-hybridized carbons (Fsp3) is 0.625. The smallest absolute Gasteiger partial charge is 0.317 e. The molecule has 1 N–H and O–H groups in total. The highest BCUT2D eigenvalue weighted by molar-refractivity contribution is 6.02. The van der Waals surface area contributed by atoms with Crippen molar-refractivity contribution < 1.29 is 29.0 Å². The zero-order valence-electron chi connectivity index (χ0n) is 19.0. The van der Waals surface area contributed by atoms with E-state index in [-0.39, 0.29) is 6.42 Å². The summed E-state index contributed by atoms with van der Waals surface area (Å²) < 4.78 is 10.8. The van der Waals surface area contributed by atoms with Gasteiger partial charge in [-0.25, -0.2) is 0 Å². The Labute approximate surface area is 179 Å². The lowest BCUT2D eigenvalue weighted by atomic mass is 9.61. The Morgan fingerprint density at radius 3 is 1.93 bits per heavy atom. The third kappa shape index (κ3) is 5.28. The summed E-state index contributed by atoms with van der Waals surface area (Å²) in [4.78, 5) is 38.9. The summed E-state index contributed by atoms with van der Waals surface area (Å²) in [5.74, 6) is -4.56. The number of carbonyl (C=O) groups excluding carboxylic acids is 3. The molecule has 0 radical (unpaired) electrons. The average Bonchev–Trinajstić information content (AvgIpc) is 2.58. The maximum absolute atomic E-state index is 13.0. The van der Waals surface area contributed by atoms with E-state index in [4.69, 9.17) is 9.47 Å². The Morgan fingerprint density at radius 1 is 0.967 bits per heavy atom. The van der Waals surface area contributed by atoms with E-state index in [1.807, 2.05) is 24.3 Å². The van der Waals surface area contributed by atoms with Gasteiger partial charge >= 0.3 is 11.9 Å². The normalized spacial score (nSPS) is 26.9. The molecule has 6 heteroatoms. The molecule has 0 spiro atoms. The molecule has 0 aromatic heterocycles. The van der Waals surface area contributed by atoms with Crippen LogP contribution in [-0.4, -0.2) is 40.6 Å². The summed E-state index contributed by atoms with van der Waals surface area (Å²) in [5.41, 5.74) is 0.0818. The Balaban J connectivity index is 2.61. The summed E-state index contributed by atoms with van der Waals surface area (Å²) in [7, 11) is 0. The van der Waals surface area contributed by atoms with E-state index in [1.165, 1.54) is 6.92 Å². The van der Waals surface area contributed by atoms with Crippen molar-refractivity contribution in [3.63, 3.8) is 0 Å². The number of Topliss-reactive ketones (excluding diaryl/α,β-unsaturated/α-hetero) is 1. The van der Waals surface area contributed by atoms with Crippen molar-refractivity contribution in [2.24, 2.45) is 11.8 Å².